The number of benzene rings is 2. The zero-order valence-electron chi connectivity index (χ0n) is 13.2. The lowest BCUT2D eigenvalue weighted by molar-refractivity contribution is -0.156. The van der Waals surface area contributed by atoms with E-state index in [9.17, 15) is 9.59 Å². The minimum absolute atomic E-state index is 0.0381. The van der Waals surface area contributed by atoms with Crippen LogP contribution in [0.15, 0.2) is 42.5 Å². The number of carbonyl (C=O) groups excluding carboxylic acids is 1. The zero-order chi connectivity index (χ0) is 16.4. The molecular weight excluding hydrogens is 290 g/mol. The van der Waals surface area contributed by atoms with Crippen molar-refractivity contribution in [3.63, 3.8) is 0 Å². The third kappa shape index (κ3) is 3.07. The number of carboxylic acids is 1. The van der Waals surface area contributed by atoms with Crippen molar-refractivity contribution in [1.29, 1.82) is 0 Å². The zero-order valence-corrected chi connectivity index (χ0v) is 13.2. The van der Waals surface area contributed by atoms with Crippen LogP contribution in [0, 0.1) is 11.8 Å². The Kier molecular flexibility index (Phi) is 4.33. The van der Waals surface area contributed by atoms with Crippen molar-refractivity contribution in [2.45, 2.75) is 19.3 Å². The molecule has 23 heavy (non-hydrogen) atoms. The number of carboxylic acid groups (broad SMARTS) is 1. The normalized spacial score (nSPS) is 20.0. The summed E-state index contributed by atoms with van der Waals surface area (Å²) in [6.45, 7) is 0.607. The molecule has 4 nitrogen and oxygen atoms in total. The molecule has 0 aliphatic heterocycles. The van der Waals surface area contributed by atoms with E-state index >= 15 is 0 Å². The van der Waals surface area contributed by atoms with Crippen molar-refractivity contribution >= 4 is 22.6 Å². The van der Waals surface area contributed by atoms with Crippen LogP contribution in [-0.2, 0) is 16.0 Å². The predicted octanol–water partition coefficient (Wildman–Crippen LogP) is 2.95. The molecule has 3 rings (SSSR count). The van der Waals surface area contributed by atoms with Crippen LogP contribution in [0.2, 0.25) is 0 Å². The summed E-state index contributed by atoms with van der Waals surface area (Å²) in [5, 5.41) is 11.5. The first-order valence-corrected chi connectivity index (χ1v) is 8.02. The van der Waals surface area contributed by atoms with Crippen LogP contribution < -0.4 is 0 Å². The molecule has 1 aliphatic carbocycles. The molecule has 0 saturated heterocycles. The SMILES string of the molecule is CN(CCc1cccc2ccccc12)C(=O)C1CCC1C(=O)O. The Balaban J connectivity index is 1.65. The number of hydrogen-bond acceptors (Lipinski definition) is 2. The predicted molar refractivity (Wildman–Crippen MR) is 89.1 cm³/mol. The molecule has 0 heterocycles. The van der Waals surface area contributed by atoms with Gasteiger partial charge >= 0.3 is 5.97 Å². The number of carbonyl (C=O) groups is 2. The second-order valence-electron chi connectivity index (χ2n) is 6.28. The summed E-state index contributed by atoms with van der Waals surface area (Å²) in [7, 11) is 1.77. The van der Waals surface area contributed by atoms with Gasteiger partial charge in [-0.3, -0.25) is 9.59 Å². The summed E-state index contributed by atoms with van der Waals surface area (Å²) in [5.41, 5.74) is 1.21. The molecule has 0 radical (unpaired) electrons. The molecule has 0 bridgehead atoms. The molecule has 0 aromatic heterocycles. The van der Waals surface area contributed by atoms with Crippen LogP contribution in [0.4, 0.5) is 0 Å². The number of fused-ring (bicyclic) bond motifs is 1. The maximum absolute atomic E-state index is 12.4. The van der Waals surface area contributed by atoms with Crippen molar-refractivity contribution in [2.24, 2.45) is 11.8 Å². The van der Waals surface area contributed by atoms with Crippen molar-refractivity contribution in [1.82, 2.24) is 4.90 Å². The van der Waals surface area contributed by atoms with Gasteiger partial charge in [-0.2, -0.15) is 0 Å². The van der Waals surface area contributed by atoms with Crippen LogP contribution in [0.5, 0.6) is 0 Å². The standard InChI is InChI=1S/C19H21NO3/c1-20(18(21)16-9-10-17(16)19(22)23)12-11-14-7-4-6-13-5-2-3-8-15(13)14/h2-8,16-17H,9-12H2,1H3,(H,22,23). The Morgan fingerprint density at radius 3 is 2.48 bits per heavy atom. The van der Waals surface area contributed by atoms with E-state index < -0.39 is 11.9 Å². The number of aliphatic carboxylic acids is 1. The molecule has 4 heteroatoms. The van der Waals surface area contributed by atoms with Crippen LogP contribution in [0.1, 0.15) is 18.4 Å². The van der Waals surface area contributed by atoms with Gasteiger partial charge in [0.25, 0.3) is 0 Å². The summed E-state index contributed by atoms with van der Waals surface area (Å²) in [6.07, 6.45) is 2.07. The Hall–Kier alpha value is -2.36. The van der Waals surface area contributed by atoms with E-state index in [1.54, 1.807) is 11.9 Å². The highest BCUT2D eigenvalue weighted by molar-refractivity contribution is 5.87. The van der Waals surface area contributed by atoms with Gasteiger partial charge < -0.3 is 10.0 Å². The maximum atomic E-state index is 12.4. The average Bonchev–Trinajstić information content (AvgIpc) is 2.50. The number of likely N-dealkylation sites (N-methyl/N-ethyl adjacent to an activating group) is 1. The van der Waals surface area contributed by atoms with Gasteiger partial charge in [0.05, 0.1) is 11.8 Å². The molecule has 1 saturated carbocycles. The van der Waals surface area contributed by atoms with Gasteiger partial charge in [-0.25, -0.2) is 0 Å². The number of hydrogen-bond donors (Lipinski definition) is 1. The number of nitrogens with zero attached hydrogens (tertiary/aromatic N) is 1. The molecule has 0 spiro atoms. The van der Waals surface area contributed by atoms with Crippen LogP contribution in [-0.4, -0.2) is 35.5 Å². The first-order valence-electron chi connectivity index (χ1n) is 8.02. The van der Waals surface area contributed by atoms with Gasteiger partial charge in [0.1, 0.15) is 0 Å². The van der Waals surface area contributed by atoms with E-state index in [-0.39, 0.29) is 11.8 Å². The van der Waals surface area contributed by atoms with E-state index in [1.807, 2.05) is 18.2 Å². The van der Waals surface area contributed by atoms with Crippen molar-refractivity contribution in [3.8, 4) is 0 Å². The highest BCUT2D eigenvalue weighted by Crippen LogP contribution is 2.35. The second-order valence-corrected chi connectivity index (χ2v) is 6.28. The van der Waals surface area contributed by atoms with Gasteiger partial charge in [0.15, 0.2) is 0 Å². The first-order chi connectivity index (χ1) is 11.1. The number of amides is 1. The highest BCUT2D eigenvalue weighted by atomic mass is 16.4. The summed E-state index contributed by atoms with van der Waals surface area (Å²) in [6, 6.07) is 14.4. The molecule has 1 N–H and O–H groups in total. The Morgan fingerprint density at radius 2 is 1.78 bits per heavy atom. The van der Waals surface area contributed by atoms with Crippen LogP contribution in [0.3, 0.4) is 0 Å². The van der Waals surface area contributed by atoms with Gasteiger partial charge in [-0.15, -0.1) is 0 Å². The lowest BCUT2D eigenvalue weighted by atomic mass is 9.73. The van der Waals surface area contributed by atoms with E-state index in [1.165, 1.54) is 16.3 Å². The Bertz CT molecular complexity index is 735. The molecule has 2 aromatic carbocycles. The lowest BCUT2D eigenvalue weighted by Crippen LogP contribution is -2.45. The summed E-state index contributed by atoms with van der Waals surface area (Å²) >= 11 is 0. The lowest BCUT2D eigenvalue weighted by Gasteiger charge is -2.35. The van der Waals surface area contributed by atoms with Gasteiger partial charge in [-0.1, -0.05) is 42.5 Å². The first kappa shape index (κ1) is 15.5. The number of rotatable bonds is 5. The fraction of sp³-hybridized carbons (Fsp3) is 0.368. The topological polar surface area (TPSA) is 57.6 Å². The summed E-state index contributed by atoms with van der Waals surface area (Å²) in [5.74, 6) is -1.73. The second kappa shape index (κ2) is 6.41. The van der Waals surface area contributed by atoms with E-state index in [0.717, 1.165) is 6.42 Å². The molecule has 2 unspecified atom stereocenters. The molecule has 2 aromatic rings. The van der Waals surface area contributed by atoms with Crippen molar-refractivity contribution < 1.29 is 14.7 Å². The molecule has 1 amide bonds. The van der Waals surface area contributed by atoms with E-state index in [2.05, 4.69) is 24.3 Å². The molecule has 1 fully saturated rings. The fourth-order valence-corrected chi connectivity index (χ4v) is 3.28. The van der Waals surface area contributed by atoms with Gasteiger partial charge in [-0.05, 0) is 35.6 Å². The van der Waals surface area contributed by atoms with E-state index in [0.29, 0.717) is 19.4 Å². The molecule has 120 valence electrons. The maximum Gasteiger partial charge on any atom is 0.307 e. The Labute approximate surface area is 135 Å². The van der Waals surface area contributed by atoms with Gasteiger partial charge in [0.2, 0.25) is 5.91 Å². The largest absolute Gasteiger partial charge is 0.481 e. The van der Waals surface area contributed by atoms with Crippen LogP contribution in [0.25, 0.3) is 10.8 Å². The van der Waals surface area contributed by atoms with Crippen molar-refractivity contribution in [2.75, 3.05) is 13.6 Å². The molecular formula is C19H21NO3. The third-order valence-corrected chi connectivity index (χ3v) is 4.88. The quantitative estimate of drug-likeness (QED) is 0.923. The minimum Gasteiger partial charge on any atom is -0.481 e. The average molecular weight is 311 g/mol. The third-order valence-electron chi connectivity index (χ3n) is 4.88. The summed E-state index contributed by atoms with van der Waals surface area (Å²) < 4.78 is 0. The smallest absolute Gasteiger partial charge is 0.307 e. The minimum atomic E-state index is -0.850. The highest BCUT2D eigenvalue weighted by Gasteiger charge is 2.42. The molecule has 1 aliphatic rings. The van der Waals surface area contributed by atoms with Gasteiger partial charge in [0, 0.05) is 13.6 Å². The Morgan fingerprint density at radius 1 is 1.09 bits per heavy atom. The molecule has 2 atom stereocenters. The van der Waals surface area contributed by atoms with E-state index in [4.69, 9.17) is 5.11 Å². The van der Waals surface area contributed by atoms with Crippen molar-refractivity contribution in [3.05, 3.63) is 48.0 Å². The summed E-state index contributed by atoms with van der Waals surface area (Å²) in [4.78, 5) is 25.1. The van der Waals surface area contributed by atoms with Crippen LogP contribution >= 0.6 is 0 Å². The fourth-order valence-electron chi connectivity index (χ4n) is 3.28. The monoisotopic (exact) mass is 311 g/mol.